The van der Waals surface area contributed by atoms with E-state index in [0.717, 1.165) is 0 Å². The Morgan fingerprint density at radius 1 is 1.13 bits per heavy atom. The summed E-state index contributed by atoms with van der Waals surface area (Å²) < 4.78 is 6.48. The molecule has 8 nitrogen and oxygen atoms in total. The van der Waals surface area contributed by atoms with Crippen LogP contribution in [0.2, 0.25) is 0 Å². The van der Waals surface area contributed by atoms with Crippen molar-refractivity contribution in [3.63, 3.8) is 0 Å². The highest BCUT2D eigenvalue weighted by Crippen LogP contribution is 2.53. The van der Waals surface area contributed by atoms with Gasteiger partial charge >= 0.3 is 0 Å². The average Bonchev–Trinajstić information content (AvgIpc) is 2.98. The summed E-state index contributed by atoms with van der Waals surface area (Å²) >= 11 is 0. The van der Waals surface area contributed by atoms with Gasteiger partial charge in [-0.2, -0.15) is 0 Å². The molecule has 164 valence electrons. The Labute approximate surface area is 177 Å². The number of carbonyl (C=O) groups is 3. The van der Waals surface area contributed by atoms with Crippen molar-refractivity contribution in [1.29, 1.82) is 0 Å². The highest BCUT2D eigenvalue weighted by molar-refractivity contribution is 5.99. The van der Waals surface area contributed by atoms with E-state index in [4.69, 9.17) is 4.74 Å². The summed E-state index contributed by atoms with van der Waals surface area (Å²) in [5.41, 5.74) is -1.62. The minimum atomic E-state index is -1.18. The number of hydrogen-bond acceptors (Lipinski definition) is 5. The molecule has 8 heteroatoms. The van der Waals surface area contributed by atoms with E-state index in [-0.39, 0.29) is 30.9 Å². The summed E-state index contributed by atoms with van der Waals surface area (Å²) in [6, 6.07) is -0.849. The lowest BCUT2D eigenvalue weighted by Gasteiger charge is -2.40. The number of likely N-dealkylation sites (N-methyl/N-ethyl adjacent to an activating group) is 1. The molecule has 30 heavy (non-hydrogen) atoms. The molecule has 0 saturated carbocycles. The zero-order valence-electron chi connectivity index (χ0n) is 18.1. The Morgan fingerprint density at radius 2 is 1.87 bits per heavy atom. The molecule has 0 aromatic heterocycles. The second kappa shape index (κ2) is 7.20. The molecule has 0 aromatic rings. The lowest BCUT2D eigenvalue weighted by molar-refractivity contribution is -0.151. The normalized spacial score (nSPS) is 36.0. The maximum absolute atomic E-state index is 13.8. The number of ether oxygens (including phenoxy) is 1. The standard InChI is InChI=1S/C22H31N3O5/c1-21(2,3)25-12-6-9-22-16(15-14(30-22)8-5-10-23(4)18(15)27)19(28)24(11-7-13-26)17(22)20(25)29/h5-6,8-9,14-17,26H,7,10-13H2,1-4H3/t14-,15+,16+,17?,22+/m1/s1. The van der Waals surface area contributed by atoms with E-state index >= 15 is 0 Å². The fourth-order valence-electron chi connectivity index (χ4n) is 5.35. The second-order valence-corrected chi connectivity index (χ2v) is 9.62. The molecule has 5 atom stereocenters. The highest BCUT2D eigenvalue weighted by Gasteiger charge is 2.71. The van der Waals surface area contributed by atoms with Gasteiger partial charge in [-0.3, -0.25) is 14.4 Å². The zero-order chi connectivity index (χ0) is 21.8. The Morgan fingerprint density at radius 3 is 2.53 bits per heavy atom. The first-order valence-electron chi connectivity index (χ1n) is 10.6. The number of carbonyl (C=O) groups excluding carboxylic acids is 3. The molecular weight excluding hydrogens is 386 g/mol. The predicted octanol–water partition coefficient (Wildman–Crippen LogP) is 0.175. The van der Waals surface area contributed by atoms with Crippen LogP contribution < -0.4 is 0 Å². The molecule has 4 aliphatic rings. The largest absolute Gasteiger partial charge is 0.396 e. The summed E-state index contributed by atoms with van der Waals surface area (Å²) in [5.74, 6) is -1.99. The van der Waals surface area contributed by atoms with E-state index in [1.54, 1.807) is 16.8 Å². The van der Waals surface area contributed by atoms with Gasteiger partial charge in [0.1, 0.15) is 11.6 Å². The third kappa shape index (κ3) is 2.92. The van der Waals surface area contributed by atoms with Gasteiger partial charge in [-0.05, 0) is 27.2 Å². The summed E-state index contributed by atoms with van der Waals surface area (Å²) in [6.45, 7) is 6.93. The van der Waals surface area contributed by atoms with Crippen LogP contribution >= 0.6 is 0 Å². The van der Waals surface area contributed by atoms with Crippen molar-refractivity contribution in [2.75, 3.05) is 33.3 Å². The fourth-order valence-corrected chi connectivity index (χ4v) is 5.35. The first-order chi connectivity index (χ1) is 14.1. The molecule has 2 saturated heterocycles. The van der Waals surface area contributed by atoms with Gasteiger partial charge in [0, 0.05) is 38.8 Å². The van der Waals surface area contributed by atoms with Gasteiger partial charge in [0.25, 0.3) is 0 Å². The Bertz CT molecular complexity index is 816. The van der Waals surface area contributed by atoms with Gasteiger partial charge in [-0.25, -0.2) is 0 Å². The summed E-state index contributed by atoms with van der Waals surface area (Å²) in [6.07, 6.45) is 7.29. The van der Waals surface area contributed by atoms with Crippen molar-refractivity contribution >= 4 is 17.7 Å². The molecule has 0 radical (unpaired) electrons. The van der Waals surface area contributed by atoms with Gasteiger partial charge in [0.2, 0.25) is 17.7 Å². The van der Waals surface area contributed by atoms with Crippen LogP contribution in [0, 0.1) is 11.8 Å². The average molecular weight is 418 g/mol. The van der Waals surface area contributed by atoms with Crippen LogP contribution in [0.4, 0.5) is 0 Å². The zero-order valence-corrected chi connectivity index (χ0v) is 18.1. The fraction of sp³-hybridized carbons (Fsp3) is 0.682. The number of aliphatic hydroxyl groups excluding tert-OH is 1. The van der Waals surface area contributed by atoms with Crippen LogP contribution in [0.15, 0.2) is 24.3 Å². The van der Waals surface area contributed by atoms with Crippen LogP contribution in [0.1, 0.15) is 27.2 Å². The SMILES string of the molecule is CN1CC=C[C@H]2O[C@]34C=CCN(C(C)(C)C)C(=O)C3N(CCCO)C(=O)[C@@H]4[C@H]2C1=O. The maximum atomic E-state index is 13.8. The minimum absolute atomic E-state index is 0.0848. The van der Waals surface area contributed by atoms with E-state index in [9.17, 15) is 19.5 Å². The third-order valence-electron chi connectivity index (χ3n) is 6.73. The van der Waals surface area contributed by atoms with E-state index in [1.807, 2.05) is 45.1 Å². The van der Waals surface area contributed by atoms with E-state index < -0.39 is 35.1 Å². The molecule has 3 amide bonds. The van der Waals surface area contributed by atoms with Crippen LogP contribution in [0.25, 0.3) is 0 Å². The van der Waals surface area contributed by atoms with Gasteiger partial charge in [-0.15, -0.1) is 0 Å². The number of amides is 3. The molecule has 1 spiro atoms. The van der Waals surface area contributed by atoms with Gasteiger partial charge < -0.3 is 24.5 Å². The quantitative estimate of drug-likeness (QED) is 0.662. The summed E-state index contributed by atoms with van der Waals surface area (Å²) in [4.78, 5) is 45.5. The Hall–Kier alpha value is -2.19. The molecule has 0 aromatic carbocycles. The van der Waals surface area contributed by atoms with E-state index in [1.165, 1.54) is 4.90 Å². The van der Waals surface area contributed by atoms with Crippen molar-refractivity contribution in [3.8, 4) is 0 Å². The lowest BCUT2D eigenvalue weighted by atomic mass is 9.77. The molecule has 4 heterocycles. The number of rotatable bonds is 3. The van der Waals surface area contributed by atoms with Crippen molar-refractivity contribution in [2.24, 2.45) is 11.8 Å². The number of fused-ring (bicyclic) bond motifs is 2. The van der Waals surface area contributed by atoms with Crippen LogP contribution in [-0.4, -0.2) is 94.1 Å². The van der Waals surface area contributed by atoms with Crippen LogP contribution in [0.3, 0.4) is 0 Å². The Balaban J connectivity index is 1.84. The number of aliphatic hydroxyl groups is 1. The molecule has 0 aliphatic carbocycles. The molecule has 0 bridgehead atoms. The monoisotopic (exact) mass is 417 g/mol. The molecule has 1 N–H and O–H groups in total. The molecule has 2 fully saturated rings. The highest BCUT2D eigenvalue weighted by atomic mass is 16.5. The van der Waals surface area contributed by atoms with Crippen molar-refractivity contribution in [1.82, 2.24) is 14.7 Å². The maximum Gasteiger partial charge on any atom is 0.249 e. The van der Waals surface area contributed by atoms with E-state index in [2.05, 4.69) is 0 Å². The Kier molecular flexibility index (Phi) is 5.05. The number of nitrogens with zero attached hydrogens (tertiary/aromatic N) is 3. The van der Waals surface area contributed by atoms with Crippen LogP contribution in [0.5, 0.6) is 0 Å². The second-order valence-electron chi connectivity index (χ2n) is 9.62. The van der Waals surface area contributed by atoms with E-state index in [0.29, 0.717) is 19.5 Å². The van der Waals surface area contributed by atoms with Crippen molar-refractivity contribution < 1.29 is 24.2 Å². The van der Waals surface area contributed by atoms with Crippen LogP contribution in [-0.2, 0) is 19.1 Å². The number of hydrogen-bond donors (Lipinski definition) is 1. The molecule has 4 rings (SSSR count). The summed E-state index contributed by atoms with van der Waals surface area (Å²) in [5, 5.41) is 9.37. The first-order valence-corrected chi connectivity index (χ1v) is 10.6. The first kappa shape index (κ1) is 21.1. The number of likely N-dealkylation sites (tertiary alicyclic amines) is 1. The topological polar surface area (TPSA) is 90.4 Å². The minimum Gasteiger partial charge on any atom is -0.396 e. The molecular formula is C22H31N3O5. The lowest BCUT2D eigenvalue weighted by Crippen LogP contribution is -2.58. The predicted molar refractivity (Wildman–Crippen MR) is 109 cm³/mol. The van der Waals surface area contributed by atoms with Gasteiger partial charge in [-0.1, -0.05) is 24.3 Å². The molecule has 1 unspecified atom stereocenters. The third-order valence-corrected chi connectivity index (χ3v) is 6.73. The van der Waals surface area contributed by atoms with Gasteiger partial charge in [0.15, 0.2) is 0 Å². The van der Waals surface area contributed by atoms with Crippen molar-refractivity contribution in [2.45, 2.75) is 50.5 Å². The molecule has 4 aliphatic heterocycles. The smallest absolute Gasteiger partial charge is 0.249 e. The van der Waals surface area contributed by atoms with Crippen molar-refractivity contribution in [3.05, 3.63) is 24.3 Å². The summed E-state index contributed by atoms with van der Waals surface area (Å²) in [7, 11) is 1.72. The van der Waals surface area contributed by atoms with Gasteiger partial charge in [0.05, 0.1) is 17.9 Å².